The van der Waals surface area contributed by atoms with Crippen molar-refractivity contribution in [3.8, 4) is 0 Å². The van der Waals surface area contributed by atoms with Gasteiger partial charge in [-0.15, -0.1) is 0 Å². The number of sulfonamides is 1. The van der Waals surface area contributed by atoms with E-state index in [4.69, 9.17) is 0 Å². The van der Waals surface area contributed by atoms with Gasteiger partial charge in [-0.3, -0.25) is 4.72 Å². The number of benzene rings is 1. The smallest absolute Gasteiger partial charge is 0.284 e. The van der Waals surface area contributed by atoms with Crippen LogP contribution in [0.25, 0.3) is 0 Å². The predicted molar refractivity (Wildman–Crippen MR) is 68.9 cm³/mol. The molecule has 1 aromatic rings. The van der Waals surface area contributed by atoms with E-state index in [-0.39, 0.29) is 11.3 Å². The van der Waals surface area contributed by atoms with Crippen molar-refractivity contribution in [2.45, 2.75) is 31.6 Å². The van der Waals surface area contributed by atoms with Crippen LogP contribution in [-0.2, 0) is 16.4 Å². The Bertz CT molecular complexity index is 577. The van der Waals surface area contributed by atoms with Gasteiger partial charge in [0, 0.05) is 12.1 Å². The molecule has 0 bridgehead atoms. The molecule has 0 aromatic heterocycles. The van der Waals surface area contributed by atoms with Crippen LogP contribution >= 0.6 is 0 Å². The molecule has 22 heavy (non-hydrogen) atoms. The van der Waals surface area contributed by atoms with Gasteiger partial charge in [-0.2, -0.15) is 26.3 Å². The fourth-order valence-corrected chi connectivity index (χ4v) is 2.74. The molecular weight excluding hydrogens is 336 g/mol. The molecule has 0 fully saturated rings. The molecule has 1 rings (SSSR count). The summed E-state index contributed by atoms with van der Waals surface area (Å²) in [5.41, 5.74) is -0.0505. The summed E-state index contributed by atoms with van der Waals surface area (Å²) in [7, 11) is -3.98. The van der Waals surface area contributed by atoms with Crippen molar-refractivity contribution < 1.29 is 34.8 Å². The van der Waals surface area contributed by atoms with Gasteiger partial charge in [0.1, 0.15) is 0 Å². The molecule has 0 aliphatic heterocycles. The molecule has 0 saturated carbocycles. The maximum Gasteiger partial charge on any atom is 0.393 e. The standard InChI is InChI=1S/C12H13F6NO2S/c13-11(14,15)6-1-7-22(20,21)19-10-4-2-9(3-5-10)8-12(16,17)18/h2-5,19H,1,6-8H2. The van der Waals surface area contributed by atoms with Crippen LogP contribution in [0.5, 0.6) is 0 Å². The number of hydrogen-bond acceptors (Lipinski definition) is 2. The number of anilines is 1. The van der Waals surface area contributed by atoms with Crippen molar-refractivity contribution in [2.75, 3.05) is 10.5 Å². The first kappa shape index (κ1) is 18.6. The summed E-state index contributed by atoms with van der Waals surface area (Å²) in [4.78, 5) is 0. The molecular formula is C12H13F6NO2S. The molecule has 0 radical (unpaired) electrons. The van der Waals surface area contributed by atoms with Crippen LogP contribution < -0.4 is 4.72 Å². The van der Waals surface area contributed by atoms with Crippen LogP contribution in [0.1, 0.15) is 18.4 Å². The number of rotatable bonds is 6. The third-order valence-corrected chi connectivity index (χ3v) is 3.88. The summed E-state index contributed by atoms with van der Waals surface area (Å²) < 4.78 is 97.3. The van der Waals surface area contributed by atoms with Crippen molar-refractivity contribution in [3.05, 3.63) is 29.8 Å². The summed E-state index contributed by atoms with van der Waals surface area (Å²) in [6, 6.07) is 4.45. The largest absolute Gasteiger partial charge is 0.393 e. The van der Waals surface area contributed by atoms with Crippen LogP contribution in [-0.4, -0.2) is 26.5 Å². The Morgan fingerprint density at radius 1 is 0.909 bits per heavy atom. The minimum Gasteiger partial charge on any atom is -0.284 e. The zero-order valence-electron chi connectivity index (χ0n) is 11.1. The molecule has 0 unspecified atom stereocenters. The van der Waals surface area contributed by atoms with Gasteiger partial charge >= 0.3 is 12.4 Å². The van der Waals surface area contributed by atoms with Crippen LogP contribution in [0, 0.1) is 0 Å². The van der Waals surface area contributed by atoms with Crippen molar-refractivity contribution in [3.63, 3.8) is 0 Å². The highest BCUT2D eigenvalue weighted by atomic mass is 32.2. The highest BCUT2D eigenvalue weighted by molar-refractivity contribution is 7.92. The molecule has 0 atom stereocenters. The second kappa shape index (κ2) is 6.76. The van der Waals surface area contributed by atoms with Crippen molar-refractivity contribution in [1.82, 2.24) is 0 Å². The van der Waals surface area contributed by atoms with E-state index in [2.05, 4.69) is 0 Å². The van der Waals surface area contributed by atoms with Gasteiger partial charge in [0.25, 0.3) is 0 Å². The molecule has 0 aliphatic rings. The second-order valence-electron chi connectivity index (χ2n) is 4.63. The average molecular weight is 349 g/mol. The first-order valence-corrected chi connectivity index (χ1v) is 7.74. The van der Waals surface area contributed by atoms with Gasteiger partial charge in [-0.1, -0.05) is 12.1 Å². The topological polar surface area (TPSA) is 46.2 Å². The van der Waals surface area contributed by atoms with Crippen LogP contribution in [0.4, 0.5) is 32.0 Å². The second-order valence-corrected chi connectivity index (χ2v) is 6.47. The molecule has 3 nitrogen and oxygen atoms in total. The lowest BCUT2D eigenvalue weighted by Gasteiger charge is -2.10. The van der Waals surface area contributed by atoms with Gasteiger partial charge in [0.05, 0.1) is 12.2 Å². The van der Waals surface area contributed by atoms with Crippen LogP contribution in [0.2, 0.25) is 0 Å². The SMILES string of the molecule is O=S(=O)(CCCC(F)(F)F)Nc1ccc(CC(F)(F)F)cc1. The lowest BCUT2D eigenvalue weighted by Crippen LogP contribution is -2.19. The zero-order chi connectivity index (χ0) is 17.0. The maximum absolute atomic E-state index is 12.1. The molecule has 126 valence electrons. The highest BCUT2D eigenvalue weighted by Crippen LogP contribution is 2.23. The lowest BCUT2D eigenvalue weighted by molar-refractivity contribution is -0.134. The Hall–Kier alpha value is -1.45. The normalized spacial score (nSPS) is 13.2. The summed E-state index contributed by atoms with van der Waals surface area (Å²) in [5.74, 6) is -0.725. The lowest BCUT2D eigenvalue weighted by atomic mass is 10.1. The summed E-state index contributed by atoms with van der Waals surface area (Å²) in [6.07, 6.45) is -11.8. The third-order valence-electron chi connectivity index (χ3n) is 2.51. The molecule has 1 aromatic carbocycles. The van der Waals surface area contributed by atoms with Crippen LogP contribution in [0.15, 0.2) is 24.3 Å². The average Bonchev–Trinajstić information content (AvgIpc) is 2.27. The highest BCUT2D eigenvalue weighted by Gasteiger charge is 2.28. The summed E-state index contributed by atoms with van der Waals surface area (Å²) in [6.45, 7) is 0. The first-order valence-electron chi connectivity index (χ1n) is 6.09. The number of alkyl halides is 6. The number of nitrogens with one attached hydrogen (secondary N) is 1. The van der Waals surface area contributed by atoms with E-state index in [9.17, 15) is 34.8 Å². The molecule has 0 saturated heterocycles. The van der Waals surface area contributed by atoms with Gasteiger partial charge < -0.3 is 0 Å². The maximum atomic E-state index is 12.1. The van der Waals surface area contributed by atoms with E-state index in [0.29, 0.717) is 0 Å². The van der Waals surface area contributed by atoms with E-state index in [1.54, 1.807) is 0 Å². The van der Waals surface area contributed by atoms with Gasteiger partial charge in [0.2, 0.25) is 10.0 Å². The van der Waals surface area contributed by atoms with E-state index in [1.165, 1.54) is 0 Å². The molecule has 0 spiro atoms. The summed E-state index contributed by atoms with van der Waals surface area (Å²) >= 11 is 0. The zero-order valence-corrected chi connectivity index (χ0v) is 11.9. The molecule has 10 heteroatoms. The van der Waals surface area contributed by atoms with Crippen LogP contribution in [0.3, 0.4) is 0 Å². The Morgan fingerprint density at radius 3 is 1.91 bits per heavy atom. The Balaban J connectivity index is 2.59. The first-order chi connectivity index (χ1) is 9.86. The van der Waals surface area contributed by atoms with Crippen molar-refractivity contribution >= 4 is 15.7 Å². The third kappa shape index (κ3) is 8.11. The van der Waals surface area contributed by atoms with Crippen molar-refractivity contribution in [1.29, 1.82) is 0 Å². The molecule has 0 heterocycles. The number of hydrogen-bond donors (Lipinski definition) is 1. The van der Waals surface area contributed by atoms with E-state index < -0.39 is 47.4 Å². The van der Waals surface area contributed by atoms with E-state index >= 15 is 0 Å². The van der Waals surface area contributed by atoms with Gasteiger partial charge in [0.15, 0.2) is 0 Å². The quantitative estimate of drug-likeness (QED) is 0.793. The predicted octanol–water partition coefficient (Wildman–Crippen LogP) is 3.88. The van der Waals surface area contributed by atoms with Crippen molar-refractivity contribution in [2.24, 2.45) is 0 Å². The molecule has 1 N–H and O–H groups in total. The van der Waals surface area contributed by atoms with Gasteiger partial charge in [-0.25, -0.2) is 8.42 Å². The van der Waals surface area contributed by atoms with E-state index in [1.807, 2.05) is 4.72 Å². The Morgan fingerprint density at radius 2 is 1.45 bits per heavy atom. The molecule has 0 amide bonds. The monoisotopic (exact) mass is 349 g/mol. The summed E-state index contributed by atoms with van der Waals surface area (Å²) in [5, 5.41) is 0. The molecule has 0 aliphatic carbocycles. The van der Waals surface area contributed by atoms with Gasteiger partial charge in [-0.05, 0) is 24.1 Å². The number of halogens is 6. The minimum atomic E-state index is -4.44. The Labute approximate surface area is 123 Å². The Kier molecular flexibility index (Phi) is 5.71. The fraction of sp³-hybridized carbons (Fsp3) is 0.500. The fourth-order valence-electron chi connectivity index (χ4n) is 1.62. The minimum absolute atomic E-state index is 0.00191. The van der Waals surface area contributed by atoms with E-state index in [0.717, 1.165) is 24.3 Å².